The quantitative estimate of drug-likeness (QED) is 0.836. The van der Waals surface area contributed by atoms with Crippen molar-refractivity contribution in [3.63, 3.8) is 0 Å². The number of benzene rings is 1. The zero-order valence-electron chi connectivity index (χ0n) is 12.7. The molecule has 1 N–H and O–H groups in total. The number of aliphatic hydroxyl groups excluding tert-OH is 1. The van der Waals surface area contributed by atoms with Crippen LogP contribution < -0.4 is 9.47 Å². The second kappa shape index (κ2) is 7.31. The lowest BCUT2D eigenvalue weighted by Crippen LogP contribution is -2.45. The van der Waals surface area contributed by atoms with E-state index in [1.165, 1.54) is 6.42 Å². The summed E-state index contributed by atoms with van der Waals surface area (Å²) in [6.45, 7) is 0.691. The number of ether oxygens (including phenoxy) is 2. The molecule has 1 aromatic carbocycles. The van der Waals surface area contributed by atoms with E-state index in [-0.39, 0.29) is 12.5 Å². The number of hydrogen-bond donors (Lipinski definition) is 1. The summed E-state index contributed by atoms with van der Waals surface area (Å²) in [5, 5.41) is 9.02. The van der Waals surface area contributed by atoms with Crippen LogP contribution in [0.5, 0.6) is 11.5 Å². The molecule has 0 aromatic heterocycles. The van der Waals surface area contributed by atoms with Gasteiger partial charge in [-0.3, -0.25) is 4.79 Å². The minimum Gasteiger partial charge on any atom is -0.493 e. The molecule has 0 aliphatic heterocycles. The predicted molar refractivity (Wildman–Crippen MR) is 79.9 cm³/mol. The molecule has 5 nitrogen and oxygen atoms in total. The molecule has 1 aromatic rings. The van der Waals surface area contributed by atoms with Crippen LogP contribution in [0.15, 0.2) is 18.2 Å². The third kappa shape index (κ3) is 3.47. The summed E-state index contributed by atoms with van der Waals surface area (Å²) in [5.41, 5.74) is 0.595. The van der Waals surface area contributed by atoms with E-state index < -0.39 is 0 Å². The average Bonchev–Trinajstić information content (AvgIpc) is 2.47. The van der Waals surface area contributed by atoms with Crippen LogP contribution in [0.25, 0.3) is 0 Å². The van der Waals surface area contributed by atoms with Gasteiger partial charge in [-0.25, -0.2) is 0 Å². The monoisotopic (exact) mass is 293 g/mol. The second-order valence-electron chi connectivity index (χ2n) is 5.23. The van der Waals surface area contributed by atoms with Crippen molar-refractivity contribution in [3.05, 3.63) is 23.8 Å². The third-order valence-corrected chi connectivity index (χ3v) is 3.96. The Bertz CT molecular complexity index is 485. The first-order valence-electron chi connectivity index (χ1n) is 7.35. The van der Waals surface area contributed by atoms with Crippen LogP contribution in [0.4, 0.5) is 0 Å². The van der Waals surface area contributed by atoms with Crippen LogP contribution in [0.3, 0.4) is 0 Å². The van der Waals surface area contributed by atoms with Crippen LogP contribution in [0.2, 0.25) is 0 Å². The van der Waals surface area contributed by atoms with Gasteiger partial charge in [-0.2, -0.15) is 0 Å². The summed E-state index contributed by atoms with van der Waals surface area (Å²) in [4.78, 5) is 14.6. The number of amides is 1. The van der Waals surface area contributed by atoms with Crippen molar-refractivity contribution >= 4 is 5.91 Å². The highest BCUT2D eigenvalue weighted by molar-refractivity contribution is 5.95. The van der Waals surface area contributed by atoms with E-state index in [1.54, 1.807) is 32.4 Å². The first-order chi connectivity index (χ1) is 10.2. The largest absolute Gasteiger partial charge is 0.493 e. The lowest BCUT2D eigenvalue weighted by molar-refractivity contribution is 0.0562. The van der Waals surface area contributed by atoms with E-state index in [0.717, 1.165) is 12.8 Å². The Labute approximate surface area is 125 Å². The highest BCUT2D eigenvalue weighted by Crippen LogP contribution is 2.30. The highest BCUT2D eigenvalue weighted by Gasteiger charge is 2.29. The molecule has 0 bridgehead atoms. The standard InChI is InChI=1S/C16H23NO4/c1-20-14-8-7-12(11-15(14)21-2)16(19)17(9-4-10-18)13-5-3-6-13/h7-8,11,13,18H,3-6,9-10H2,1-2H3. The fourth-order valence-corrected chi connectivity index (χ4v) is 2.52. The van der Waals surface area contributed by atoms with Gasteiger partial charge in [0.15, 0.2) is 11.5 Å². The van der Waals surface area contributed by atoms with Gasteiger partial charge in [0.1, 0.15) is 0 Å². The van der Waals surface area contributed by atoms with Gasteiger partial charge in [0.25, 0.3) is 5.91 Å². The topological polar surface area (TPSA) is 59.0 Å². The molecule has 5 heteroatoms. The number of rotatable bonds is 7. The molecule has 1 aliphatic carbocycles. The highest BCUT2D eigenvalue weighted by atomic mass is 16.5. The van der Waals surface area contributed by atoms with E-state index in [1.807, 2.05) is 4.90 Å². The molecule has 0 saturated heterocycles. The van der Waals surface area contributed by atoms with Crippen molar-refractivity contribution in [2.75, 3.05) is 27.4 Å². The number of methoxy groups -OCH3 is 2. The summed E-state index contributed by atoms with van der Waals surface area (Å²) in [6, 6.07) is 5.52. The normalized spacial score (nSPS) is 14.4. The minimum absolute atomic E-state index is 0.00546. The molecule has 116 valence electrons. The molecular weight excluding hydrogens is 270 g/mol. The molecule has 1 aliphatic rings. The first kappa shape index (κ1) is 15.6. The van der Waals surface area contributed by atoms with E-state index in [4.69, 9.17) is 14.6 Å². The first-order valence-corrected chi connectivity index (χ1v) is 7.35. The van der Waals surface area contributed by atoms with Gasteiger partial charge in [-0.1, -0.05) is 0 Å². The fourth-order valence-electron chi connectivity index (χ4n) is 2.52. The molecular formula is C16H23NO4. The number of aliphatic hydroxyl groups is 1. The summed E-state index contributed by atoms with van der Waals surface area (Å²) >= 11 is 0. The molecule has 1 saturated carbocycles. The minimum atomic E-state index is -0.00546. The molecule has 0 heterocycles. The maximum Gasteiger partial charge on any atom is 0.254 e. The Kier molecular flexibility index (Phi) is 5.44. The van der Waals surface area contributed by atoms with Crippen LogP contribution in [-0.4, -0.2) is 49.3 Å². The van der Waals surface area contributed by atoms with Crippen molar-refractivity contribution < 1.29 is 19.4 Å². The van der Waals surface area contributed by atoms with Crippen LogP contribution in [0.1, 0.15) is 36.0 Å². The smallest absolute Gasteiger partial charge is 0.254 e. The Balaban J connectivity index is 2.19. The zero-order chi connectivity index (χ0) is 15.2. The number of carbonyl (C=O) groups is 1. The van der Waals surface area contributed by atoms with Crippen molar-refractivity contribution in [1.29, 1.82) is 0 Å². The van der Waals surface area contributed by atoms with E-state index >= 15 is 0 Å². The van der Waals surface area contributed by atoms with Gasteiger partial charge in [0, 0.05) is 24.8 Å². The van der Waals surface area contributed by atoms with Crippen molar-refractivity contribution in [3.8, 4) is 11.5 Å². The lowest BCUT2D eigenvalue weighted by atomic mass is 9.90. The molecule has 1 fully saturated rings. The molecule has 21 heavy (non-hydrogen) atoms. The summed E-state index contributed by atoms with van der Waals surface area (Å²) in [5.74, 6) is 1.16. The molecule has 0 radical (unpaired) electrons. The molecule has 0 spiro atoms. The molecule has 1 amide bonds. The van der Waals surface area contributed by atoms with Gasteiger partial charge >= 0.3 is 0 Å². The third-order valence-electron chi connectivity index (χ3n) is 3.96. The van der Waals surface area contributed by atoms with Gasteiger partial charge in [0.05, 0.1) is 14.2 Å². The Morgan fingerprint density at radius 2 is 2.00 bits per heavy atom. The van der Waals surface area contributed by atoms with E-state index in [0.29, 0.717) is 36.1 Å². The van der Waals surface area contributed by atoms with Gasteiger partial charge in [-0.15, -0.1) is 0 Å². The number of carbonyl (C=O) groups excluding carboxylic acids is 1. The van der Waals surface area contributed by atoms with Crippen molar-refractivity contribution in [2.24, 2.45) is 0 Å². The Hall–Kier alpha value is -1.75. The van der Waals surface area contributed by atoms with Crippen LogP contribution in [-0.2, 0) is 0 Å². The number of hydrogen-bond acceptors (Lipinski definition) is 4. The van der Waals surface area contributed by atoms with Crippen molar-refractivity contribution in [2.45, 2.75) is 31.7 Å². The molecule has 0 unspecified atom stereocenters. The Morgan fingerprint density at radius 3 is 2.52 bits per heavy atom. The van der Waals surface area contributed by atoms with Gasteiger partial charge in [-0.05, 0) is 43.9 Å². The number of nitrogens with zero attached hydrogens (tertiary/aromatic N) is 1. The maximum atomic E-state index is 12.7. The summed E-state index contributed by atoms with van der Waals surface area (Å²) < 4.78 is 10.4. The predicted octanol–water partition coefficient (Wildman–Crippen LogP) is 2.08. The van der Waals surface area contributed by atoms with Gasteiger partial charge < -0.3 is 19.5 Å². The SMILES string of the molecule is COc1ccc(C(=O)N(CCCO)C2CCC2)cc1OC. The fraction of sp³-hybridized carbons (Fsp3) is 0.562. The molecule has 2 rings (SSSR count). The summed E-state index contributed by atoms with van der Waals surface area (Å²) in [6.07, 6.45) is 3.87. The average molecular weight is 293 g/mol. The second-order valence-corrected chi connectivity index (χ2v) is 5.23. The maximum absolute atomic E-state index is 12.7. The molecule has 0 atom stereocenters. The van der Waals surface area contributed by atoms with Crippen molar-refractivity contribution in [1.82, 2.24) is 4.90 Å². The summed E-state index contributed by atoms with van der Waals surface area (Å²) in [7, 11) is 3.13. The lowest BCUT2D eigenvalue weighted by Gasteiger charge is -2.37. The van der Waals surface area contributed by atoms with E-state index in [9.17, 15) is 4.79 Å². The van der Waals surface area contributed by atoms with Gasteiger partial charge in [0.2, 0.25) is 0 Å². The Morgan fingerprint density at radius 1 is 1.29 bits per heavy atom. The van der Waals surface area contributed by atoms with Crippen LogP contribution in [0, 0.1) is 0 Å². The van der Waals surface area contributed by atoms with E-state index in [2.05, 4.69) is 0 Å². The zero-order valence-corrected chi connectivity index (χ0v) is 12.7. The van der Waals surface area contributed by atoms with Crippen LogP contribution >= 0.6 is 0 Å².